The number of hydrazone groups is 1. The zero-order chi connectivity index (χ0) is 20.7. The predicted molar refractivity (Wildman–Crippen MR) is 114 cm³/mol. The van der Waals surface area contributed by atoms with E-state index in [2.05, 4.69) is 17.5 Å². The molecule has 156 valence electrons. The molecule has 2 amide bonds. The molecule has 2 rings (SSSR count). The van der Waals surface area contributed by atoms with E-state index in [9.17, 15) is 4.79 Å². The van der Waals surface area contributed by atoms with Crippen LogP contribution in [0, 0.1) is 0 Å². The van der Waals surface area contributed by atoms with Gasteiger partial charge in [0.05, 0.1) is 12.8 Å². The van der Waals surface area contributed by atoms with Crippen LogP contribution in [0.2, 0.25) is 0 Å². The quantitative estimate of drug-likeness (QED) is 0.301. The molecule has 0 spiro atoms. The molecule has 0 saturated heterocycles. The minimum Gasteiger partial charge on any atom is -0.494 e. The lowest BCUT2D eigenvalue weighted by Gasteiger charge is -2.10. The van der Waals surface area contributed by atoms with E-state index in [0.29, 0.717) is 13.2 Å². The Balaban J connectivity index is 1.63. The third kappa shape index (κ3) is 9.51. The summed E-state index contributed by atoms with van der Waals surface area (Å²) in [6, 6.07) is 14.2. The summed E-state index contributed by atoms with van der Waals surface area (Å²) >= 11 is 0. The number of nitrogens with two attached hydrogens (primary N) is 1. The fourth-order valence-electron chi connectivity index (χ4n) is 2.49. The number of urea groups is 1. The zero-order valence-electron chi connectivity index (χ0n) is 16.8. The summed E-state index contributed by atoms with van der Waals surface area (Å²) < 4.78 is 17.1. The molecule has 0 bridgehead atoms. The molecule has 2 aromatic rings. The molecule has 0 atom stereocenters. The molecule has 0 aliphatic rings. The van der Waals surface area contributed by atoms with Crippen LogP contribution in [-0.2, 0) is 0 Å². The van der Waals surface area contributed by atoms with Crippen molar-refractivity contribution in [3.63, 3.8) is 0 Å². The molecular formula is C22H29N3O4. The van der Waals surface area contributed by atoms with Crippen molar-refractivity contribution in [3.8, 4) is 17.2 Å². The van der Waals surface area contributed by atoms with Gasteiger partial charge in [-0.3, -0.25) is 0 Å². The number of carbonyl (C=O) groups excluding carboxylic acids is 1. The molecule has 0 aromatic heterocycles. The first-order chi connectivity index (χ1) is 14.2. The van der Waals surface area contributed by atoms with Gasteiger partial charge in [0.25, 0.3) is 0 Å². The van der Waals surface area contributed by atoms with Gasteiger partial charge in [0.1, 0.15) is 30.5 Å². The van der Waals surface area contributed by atoms with E-state index in [-0.39, 0.29) is 0 Å². The lowest BCUT2D eigenvalue weighted by atomic mass is 10.2. The zero-order valence-corrected chi connectivity index (χ0v) is 16.8. The fraction of sp³-hybridized carbons (Fsp3) is 0.364. The van der Waals surface area contributed by atoms with Gasteiger partial charge in [0, 0.05) is 0 Å². The van der Waals surface area contributed by atoms with Crippen molar-refractivity contribution in [1.82, 2.24) is 5.43 Å². The Morgan fingerprint density at radius 1 is 0.862 bits per heavy atom. The van der Waals surface area contributed by atoms with Crippen LogP contribution in [0.1, 0.15) is 38.2 Å². The first-order valence-electron chi connectivity index (χ1n) is 9.84. The molecule has 0 aliphatic carbocycles. The summed E-state index contributed by atoms with van der Waals surface area (Å²) in [7, 11) is 0. The average molecular weight is 399 g/mol. The maximum atomic E-state index is 10.5. The first kappa shape index (κ1) is 22.1. The Kier molecular flexibility index (Phi) is 9.93. The molecule has 0 saturated carbocycles. The van der Waals surface area contributed by atoms with Gasteiger partial charge in [0.15, 0.2) is 0 Å². The number of nitrogens with one attached hydrogen (secondary N) is 1. The molecule has 3 N–H and O–H groups in total. The van der Waals surface area contributed by atoms with E-state index in [0.717, 1.165) is 35.8 Å². The highest BCUT2D eigenvalue weighted by molar-refractivity contribution is 5.81. The third-order valence-electron chi connectivity index (χ3n) is 3.98. The van der Waals surface area contributed by atoms with Crippen LogP contribution in [-0.4, -0.2) is 32.1 Å². The van der Waals surface area contributed by atoms with Crippen LogP contribution < -0.4 is 25.4 Å². The molecule has 0 fully saturated rings. The van der Waals surface area contributed by atoms with Gasteiger partial charge in [-0.15, -0.1) is 0 Å². The third-order valence-corrected chi connectivity index (χ3v) is 3.98. The minimum absolute atomic E-state index is 0.423. The van der Waals surface area contributed by atoms with Crippen LogP contribution in [0.15, 0.2) is 53.6 Å². The van der Waals surface area contributed by atoms with Crippen molar-refractivity contribution in [3.05, 3.63) is 54.1 Å². The van der Waals surface area contributed by atoms with Crippen LogP contribution >= 0.6 is 0 Å². The Morgan fingerprint density at radius 3 is 1.90 bits per heavy atom. The molecule has 7 heteroatoms. The number of amides is 2. The monoisotopic (exact) mass is 399 g/mol. The number of carbonyl (C=O) groups is 1. The fourth-order valence-corrected chi connectivity index (χ4v) is 2.49. The first-order valence-corrected chi connectivity index (χ1v) is 9.84. The summed E-state index contributed by atoms with van der Waals surface area (Å²) in [4.78, 5) is 10.5. The highest BCUT2D eigenvalue weighted by Gasteiger charge is 1.99. The molecule has 7 nitrogen and oxygen atoms in total. The van der Waals surface area contributed by atoms with E-state index in [1.807, 2.05) is 48.5 Å². The lowest BCUT2D eigenvalue weighted by Crippen LogP contribution is -2.24. The van der Waals surface area contributed by atoms with Gasteiger partial charge < -0.3 is 19.9 Å². The Morgan fingerprint density at radius 2 is 1.38 bits per heavy atom. The Hall–Kier alpha value is -3.22. The molecular weight excluding hydrogens is 370 g/mol. The smallest absolute Gasteiger partial charge is 0.332 e. The summed E-state index contributed by atoms with van der Waals surface area (Å²) in [5.41, 5.74) is 7.88. The normalized spacial score (nSPS) is 10.7. The number of hydrogen-bond donors (Lipinski definition) is 2. The van der Waals surface area contributed by atoms with Gasteiger partial charge in [-0.2, -0.15) is 5.10 Å². The number of unbranched alkanes of at least 4 members (excludes halogenated alkanes) is 3. The number of primary amides is 1. The maximum Gasteiger partial charge on any atom is 0.332 e. The molecule has 29 heavy (non-hydrogen) atoms. The molecule has 0 aliphatic heterocycles. The Bertz CT molecular complexity index is 746. The number of benzene rings is 2. The van der Waals surface area contributed by atoms with Crippen molar-refractivity contribution in [1.29, 1.82) is 0 Å². The molecule has 2 aromatic carbocycles. The second-order valence-electron chi connectivity index (χ2n) is 6.38. The summed E-state index contributed by atoms with van der Waals surface area (Å²) in [6.45, 7) is 3.81. The van der Waals surface area contributed by atoms with Crippen molar-refractivity contribution in [2.24, 2.45) is 10.8 Å². The van der Waals surface area contributed by atoms with Gasteiger partial charge in [-0.05, 0) is 60.5 Å². The predicted octanol–water partition coefficient (Wildman–Crippen LogP) is 4.11. The van der Waals surface area contributed by atoms with Gasteiger partial charge >= 0.3 is 6.03 Å². The standard InChI is InChI=1S/C22H29N3O4/c1-2-3-4-5-14-27-20-10-12-21(13-11-20)29-16-15-28-19-8-6-18(7-9-19)17-24-25-22(23)26/h6-13,17H,2-5,14-16H2,1H3,(H3,23,25,26)/b24-17+. The van der Waals surface area contributed by atoms with E-state index < -0.39 is 6.03 Å². The number of hydrogen-bond acceptors (Lipinski definition) is 5. The second kappa shape index (κ2) is 13.0. The number of nitrogens with zero attached hydrogens (tertiary/aromatic N) is 1. The van der Waals surface area contributed by atoms with E-state index in [1.165, 1.54) is 25.5 Å². The van der Waals surface area contributed by atoms with Gasteiger partial charge in [-0.25, -0.2) is 10.2 Å². The average Bonchev–Trinajstić information content (AvgIpc) is 2.73. The lowest BCUT2D eigenvalue weighted by molar-refractivity contribution is 0.217. The maximum absolute atomic E-state index is 10.5. The second-order valence-corrected chi connectivity index (χ2v) is 6.38. The van der Waals surface area contributed by atoms with Crippen LogP contribution in [0.4, 0.5) is 4.79 Å². The van der Waals surface area contributed by atoms with Crippen LogP contribution in [0.3, 0.4) is 0 Å². The van der Waals surface area contributed by atoms with E-state index in [1.54, 1.807) is 0 Å². The summed E-state index contributed by atoms with van der Waals surface area (Å²) in [5, 5.41) is 3.69. The summed E-state index contributed by atoms with van der Waals surface area (Å²) in [5.74, 6) is 2.36. The van der Waals surface area contributed by atoms with Gasteiger partial charge in [-0.1, -0.05) is 26.2 Å². The van der Waals surface area contributed by atoms with Gasteiger partial charge in [0.2, 0.25) is 0 Å². The van der Waals surface area contributed by atoms with E-state index in [4.69, 9.17) is 19.9 Å². The van der Waals surface area contributed by atoms with Crippen molar-refractivity contribution in [2.75, 3.05) is 19.8 Å². The van der Waals surface area contributed by atoms with Crippen molar-refractivity contribution in [2.45, 2.75) is 32.6 Å². The highest BCUT2D eigenvalue weighted by Crippen LogP contribution is 2.18. The number of rotatable bonds is 13. The minimum atomic E-state index is -0.703. The van der Waals surface area contributed by atoms with Crippen molar-refractivity contribution < 1.29 is 19.0 Å². The SMILES string of the molecule is CCCCCCOc1ccc(OCCOc2ccc(/C=N/NC(N)=O)cc2)cc1. The highest BCUT2D eigenvalue weighted by atomic mass is 16.5. The largest absolute Gasteiger partial charge is 0.494 e. The topological polar surface area (TPSA) is 95.2 Å². The van der Waals surface area contributed by atoms with Crippen LogP contribution in [0.25, 0.3) is 0 Å². The number of ether oxygens (including phenoxy) is 3. The molecule has 0 heterocycles. The molecule has 0 unspecified atom stereocenters. The summed E-state index contributed by atoms with van der Waals surface area (Å²) in [6.07, 6.45) is 6.27. The Labute approximate surface area is 171 Å². The van der Waals surface area contributed by atoms with Crippen LogP contribution in [0.5, 0.6) is 17.2 Å². The van der Waals surface area contributed by atoms with E-state index >= 15 is 0 Å². The molecule has 0 radical (unpaired) electrons. The van der Waals surface area contributed by atoms with Crippen molar-refractivity contribution >= 4 is 12.2 Å².